The van der Waals surface area contributed by atoms with Crippen molar-refractivity contribution in [2.24, 2.45) is 10.9 Å². The molecule has 3 N–H and O–H groups in total. The second-order valence-electron chi connectivity index (χ2n) is 6.36. The number of hydrogen-bond acceptors (Lipinski definition) is 3. The first-order valence-corrected chi connectivity index (χ1v) is 7.01. The number of rotatable bonds is 4. The zero-order chi connectivity index (χ0) is 16.2. The Morgan fingerprint density at radius 3 is 2.48 bits per heavy atom. The number of nitrogens with zero attached hydrogens (tertiary/aromatic N) is 2. The Morgan fingerprint density at radius 2 is 1.95 bits per heavy atom. The van der Waals surface area contributed by atoms with Crippen molar-refractivity contribution in [2.45, 2.75) is 45.6 Å². The summed E-state index contributed by atoms with van der Waals surface area (Å²) in [6, 6.07) is 7.48. The number of nitrogens with two attached hydrogens (primary N) is 1. The van der Waals surface area contributed by atoms with Crippen LogP contribution in [-0.2, 0) is 5.41 Å². The molecule has 0 fully saturated rings. The molecule has 1 aromatic rings. The number of benzene rings is 1. The summed E-state index contributed by atoms with van der Waals surface area (Å²) >= 11 is 0. The van der Waals surface area contributed by atoms with E-state index in [1.807, 2.05) is 31.2 Å². The fourth-order valence-electron chi connectivity index (χ4n) is 2.19. The molecule has 1 amide bonds. The molecule has 0 saturated heterocycles. The molecule has 0 aliphatic carbocycles. The molecule has 5 nitrogen and oxygen atoms in total. The van der Waals surface area contributed by atoms with E-state index in [0.717, 1.165) is 5.56 Å². The molecular weight excluding hydrogens is 266 g/mol. The molecule has 1 unspecified atom stereocenters. The fraction of sp³-hybridized carbons (Fsp3) is 0.500. The molecule has 0 saturated carbocycles. The molecule has 0 bridgehead atoms. The third-order valence-corrected chi connectivity index (χ3v) is 3.58. The van der Waals surface area contributed by atoms with Crippen LogP contribution < -0.4 is 5.73 Å². The number of carbonyl (C=O) groups is 1. The van der Waals surface area contributed by atoms with Gasteiger partial charge in [0.05, 0.1) is 0 Å². The Balaban J connectivity index is 3.04. The van der Waals surface area contributed by atoms with Crippen LogP contribution in [0.4, 0.5) is 0 Å². The minimum absolute atomic E-state index is 0.0567. The maximum atomic E-state index is 12.7. The Morgan fingerprint density at radius 1 is 1.38 bits per heavy atom. The maximum absolute atomic E-state index is 12.7. The smallest absolute Gasteiger partial charge is 0.254 e. The van der Waals surface area contributed by atoms with Crippen molar-refractivity contribution in [3.8, 4) is 0 Å². The highest BCUT2D eigenvalue weighted by atomic mass is 16.4. The average molecular weight is 291 g/mol. The summed E-state index contributed by atoms with van der Waals surface area (Å²) in [4.78, 5) is 14.3. The van der Waals surface area contributed by atoms with Gasteiger partial charge in [-0.1, -0.05) is 44.1 Å². The van der Waals surface area contributed by atoms with Crippen molar-refractivity contribution in [3.05, 3.63) is 35.4 Å². The predicted octanol–water partition coefficient (Wildman–Crippen LogP) is 2.58. The van der Waals surface area contributed by atoms with Gasteiger partial charge in [-0.15, -0.1) is 0 Å². The lowest BCUT2D eigenvalue weighted by molar-refractivity contribution is 0.0744. The Bertz CT molecular complexity index is 533. The molecule has 21 heavy (non-hydrogen) atoms. The lowest BCUT2D eigenvalue weighted by Crippen LogP contribution is -2.38. The van der Waals surface area contributed by atoms with E-state index in [0.29, 0.717) is 12.0 Å². The van der Waals surface area contributed by atoms with Gasteiger partial charge in [-0.3, -0.25) is 4.79 Å². The van der Waals surface area contributed by atoms with Crippen LogP contribution in [0.2, 0.25) is 0 Å². The van der Waals surface area contributed by atoms with E-state index in [-0.39, 0.29) is 23.2 Å². The van der Waals surface area contributed by atoms with Gasteiger partial charge in [0, 0.05) is 25.1 Å². The molecular formula is C16H25N3O2. The molecule has 0 radical (unpaired) electrons. The topological polar surface area (TPSA) is 78.9 Å². The minimum Gasteiger partial charge on any atom is -0.409 e. The lowest BCUT2D eigenvalue weighted by atomic mass is 9.83. The molecule has 0 aromatic heterocycles. The van der Waals surface area contributed by atoms with E-state index in [2.05, 4.69) is 25.9 Å². The molecule has 0 heterocycles. The van der Waals surface area contributed by atoms with E-state index >= 15 is 0 Å². The van der Waals surface area contributed by atoms with Crippen LogP contribution in [0.25, 0.3) is 0 Å². The van der Waals surface area contributed by atoms with Crippen LogP contribution >= 0.6 is 0 Å². The third kappa shape index (κ3) is 4.21. The van der Waals surface area contributed by atoms with E-state index in [1.54, 1.807) is 11.9 Å². The summed E-state index contributed by atoms with van der Waals surface area (Å²) in [5.74, 6) is 0.0602. The number of amides is 1. The van der Waals surface area contributed by atoms with E-state index in [4.69, 9.17) is 10.9 Å². The Labute approximate surface area is 126 Å². The van der Waals surface area contributed by atoms with Gasteiger partial charge < -0.3 is 15.8 Å². The number of amidine groups is 1. The van der Waals surface area contributed by atoms with Gasteiger partial charge in [0.25, 0.3) is 5.91 Å². The molecule has 0 aliphatic rings. The number of hydrogen-bond donors (Lipinski definition) is 2. The second-order valence-corrected chi connectivity index (χ2v) is 6.36. The molecule has 1 atom stereocenters. The van der Waals surface area contributed by atoms with E-state index in [9.17, 15) is 4.79 Å². The maximum Gasteiger partial charge on any atom is 0.254 e. The summed E-state index contributed by atoms with van der Waals surface area (Å²) in [6.45, 7) is 8.12. The van der Waals surface area contributed by atoms with Crippen LogP contribution in [0.5, 0.6) is 0 Å². The summed E-state index contributed by atoms with van der Waals surface area (Å²) in [5, 5.41) is 11.6. The van der Waals surface area contributed by atoms with Crippen molar-refractivity contribution in [1.29, 1.82) is 0 Å². The highest BCUT2D eigenvalue weighted by Crippen LogP contribution is 2.26. The third-order valence-electron chi connectivity index (χ3n) is 3.58. The molecule has 5 heteroatoms. The quantitative estimate of drug-likeness (QED) is 0.387. The summed E-state index contributed by atoms with van der Waals surface area (Å²) in [5.41, 5.74) is 7.11. The fourth-order valence-corrected chi connectivity index (χ4v) is 2.19. The van der Waals surface area contributed by atoms with Crippen LogP contribution in [0, 0.1) is 0 Å². The van der Waals surface area contributed by atoms with E-state index < -0.39 is 0 Å². The van der Waals surface area contributed by atoms with Gasteiger partial charge in [-0.25, -0.2) is 0 Å². The van der Waals surface area contributed by atoms with Gasteiger partial charge in [0.2, 0.25) is 0 Å². The SMILES string of the molecule is CC(C/C(N)=N/O)N(C)C(=O)c1ccccc1C(C)(C)C. The monoisotopic (exact) mass is 291 g/mol. The van der Waals surface area contributed by atoms with Crippen LogP contribution in [-0.4, -0.2) is 34.9 Å². The minimum atomic E-state index is -0.151. The Kier molecular flexibility index (Phi) is 5.35. The van der Waals surface area contributed by atoms with Gasteiger partial charge >= 0.3 is 0 Å². The first-order chi connectivity index (χ1) is 9.68. The highest BCUT2D eigenvalue weighted by molar-refractivity contribution is 5.96. The summed E-state index contributed by atoms with van der Waals surface area (Å²) < 4.78 is 0. The van der Waals surface area contributed by atoms with Gasteiger partial charge in [0.15, 0.2) is 0 Å². The Hall–Kier alpha value is -2.04. The summed E-state index contributed by atoms with van der Waals surface area (Å²) in [7, 11) is 1.73. The van der Waals surface area contributed by atoms with Crippen LogP contribution in [0.3, 0.4) is 0 Å². The number of oxime groups is 1. The zero-order valence-corrected chi connectivity index (χ0v) is 13.4. The van der Waals surface area contributed by atoms with Crippen molar-refractivity contribution < 1.29 is 10.0 Å². The number of carbonyl (C=O) groups excluding carboxylic acids is 1. The predicted molar refractivity (Wildman–Crippen MR) is 84.7 cm³/mol. The lowest BCUT2D eigenvalue weighted by Gasteiger charge is -2.28. The van der Waals surface area contributed by atoms with Crippen molar-refractivity contribution in [3.63, 3.8) is 0 Å². The molecule has 0 spiro atoms. The van der Waals surface area contributed by atoms with E-state index in [1.165, 1.54) is 0 Å². The normalized spacial score (nSPS) is 13.9. The van der Waals surface area contributed by atoms with Gasteiger partial charge in [-0.2, -0.15) is 0 Å². The largest absolute Gasteiger partial charge is 0.409 e. The van der Waals surface area contributed by atoms with Crippen molar-refractivity contribution >= 4 is 11.7 Å². The molecule has 116 valence electrons. The van der Waals surface area contributed by atoms with Crippen LogP contribution in [0.15, 0.2) is 29.4 Å². The molecule has 1 aromatic carbocycles. The first kappa shape index (κ1) is 17.0. The standard InChI is InChI=1S/C16H25N3O2/c1-11(10-14(17)18-21)19(5)15(20)12-8-6-7-9-13(12)16(2,3)4/h6-9,11,21H,10H2,1-5H3,(H2,17,18). The van der Waals surface area contributed by atoms with Gasteiger partial charge in [0.1, 0.15) is 5.84 Å². The average Bonchev–Trinajstić information content (AvgIpc) is 2.44. The van der Waals surface area contributed by atoms with Crippen molar-refractivity contribution in [2.75, 3.05) is 7.05 Å². The summed E-state index contributed by atoms with van der Waals surface area (Å²) in [6.07, 6.45) is 0.330. The van der Waals surface area contributed by atoms with Gasteiger partial charge in [-0.05, 0) is 24.0 Å². The van der Waals surface area contributed by atoms with Crippen molar-refractivity contribution in [1.82, 2.24) is 4.90 Å². The zero-order valence-electron chi connectivity index (χ0n) is 13.4. The second kappa shape index (κ2) is 6.61. The molecule has 0 aliphatic heterocycles. The van der Waals surface area contributed by atoms with Crippen LogP contribution in [0.1, 0.15) is 50.0 Å². The highest BCUT2D eigenvalue weighted by Gasteiger charge is 2.25. The molecule has 1 rings (SSSR count). The first-order valence-electron chi connectivity index (χ1n) is 7.01.